The number of nitrogens with zero attached hydrogens (tertiary/aromatic N) is 1. The molecule has 1 aliphatic heterocycles. The molecule has 0 aliphatic carbocycles. The molecule has 0 bridgehead atoms. The van der Waals surface area contributed by atoms with Crippen LogP contribution < -0.4 is 5.32 Å². The monoisotopic (exact) mass is 326 g/mol. The number of carbonyl (C=O) groups excluding carboxylic acids is 2. The molecule has 3 rings (SSSR count). The minimum atomic E-state index is -0.240. The van der Waals surface area contributed by atoms with E-state index in [1.165, 1.54) is 12.5 Å². The first-order valence-electron chi connectivity index (χ1n) is 8.40. The molecular weight excluding hydrogens is 304 g/mol. The summed E-state index contributed by atoms with van der Waals surface area (Å²) in [6.07, 6.45) is 6.55. The SMILES string of the molecule is O=C(N[C@H](CN1CCCCCC1=O)c1ccccc1)c1ccoc1. The second-order valence-electron chi connectivity index (χ2n) is 6.10. The van der Waals surface area contributed by atoms with Crippen LogP contribution in [0.4, 0.5) is 0 Å². The van der Waals surface area contributed by atoms with Gasteiger partial charge in [0.1, 0.15) is 6.26 Å². The van der Waals surface area contributed by atoms with Gasteiger partial charge in [-0.15, -0.1) is 0 Å². The first-order valence-corrected chi connectivity index (χ1v) is 8.40. The van der Waals surface area contributed by atoms with E-state index < -0.39 is 0 Å². The Morgan fingerprint density at radius 1 is 1.17 bits per heavy atom. The maximum Gasteiger partial charge on any atom is 0.255 e. The van der Waals surface area contributed by atoms with Crippen LogP contribution in [-0.2, 0) is 4.79 Å². The number of amides is 2. The maximum absolute atomic E-state index is 12.4. The van der Waals surface area contributed by atoms with Crippen LogP contribution in [0.15, 0.2) is 53.3 Å². The van der Waals surface area contributed by atoms with E-state index in [2.05, 4.69) is 5.32 Å². The standard InChI is InChI=1S/C19H22N2O3/c22-18-9-5-2-6-11-21(18)13-17(15-7-3-1-4-8-15)20-19(23)16-10-12-24-14-16/h1,3-4,7-8,10,12,14,17H,2,5-6,9,11,13H2,(H,20,23)/t17-/m1/s1. The fourth-order valence-electron chi connectivity index (χ4n) is 3.01. The summed E-state index contributed by atoms with van der Waals surface area (Å²) in [7, 11) is 0. The average Bonchev–Trinajstić information content (AvgIpc) is 3.07. The highest BCUT2D eigenvalue weighted by Gasteiger charge is 2.23. The van der Waals surface area contributed by atoms with Crippen LogP contribution in [0.2, 0.25) is 0 Å². The molecule has 5 nitrogen and oxygen atoms in total. The molecule has 2 aromatic rings. The highest BCUT2D eigenvalue weighted by molar-refractivity contribution is 5.94. The summed E-state index contributed by atoms with van der Waals surface area (Å²) in [4.78, 5) is 26.6. The van der Waals surface area contributed by atoms with Crippen molar-refractivity contribution < 1.29 is 14.0 Å². The van der Waals surface area contributed by atoms with Gasteiger partial charge in [-0.05, 0) is 24.5 Å². The predicted molar refractivity (Wildman–Crippen MR) is 90.4 cm³/mol. The summed E-state index contributed by atoms with van der Waals surface area (Å²) < 4.78 is 4.98. The lowest BCUT2D eigenvalue weighted by atomic mass is 10.1. The molecule has 1 atom stereocenters. The van der Waals surface area contributed by atoms with Gasteiger partial charge in [-0.25, -0.2) is 0 Å². The molecule has 1 aromatic heterocycles. The minimum Gasteiger partial charge on any atom is -0.472 e. The molecule has 0 radical (unpaired) electrons. The Bertz CT molecular complexity index is 667. The van der Waals surface area contributed by atoms with Gasteiger partial charge >= 0.3 is 0 Å². The van der Waals surface area contributed by atoms with Gasteiger partial charge in [-0.2, -0.15) is 0 Å². The molecule has 0 spiro atoms. The molecule has 1 fully saturated rings. The predicted octanol–water partition coefficient (Wildman–Crippen LogP) is 3.15. The Morgan fingerprint density at radius 2 is 2.00 bits per heavy atom. The van der Waals surface area contributed by atoms with Gasteiger partial charge in [-0.1, -0.05) is 36.8 Å². The topological polar surface area (TPSA) is 62.6 Å². The van der Waals surface area contributed by atoms with Crippen LogP contribution in [0, 0.1) is 0 Å². The molecule has 126 valence electrons. The van der Waals surface area contributed by atoms with Crippen molar-refractivity contribution in [3.63, 3.8) is 0 Å². The summed E-state index contributed by atoms with van der Waals surface area (Å²) >= 11 is 0. The van der Waals surface area contributed by atoms with Gasteiger partial charge in [0.2, 0.25) is 5.91 Å². The van der Waals surface area contributed by atoms with Gasteiger partial charge < -0.3 is 14.6 Å². The smallest absolute Gasteiger partial charge is 0.255 e. The van der Waals surface area contributed by atoms with Gasteiger partial charge in [-0.3, -0.25) is 9.59 Å². The van der Waals surface area contributed by atoms with Crippen molar-refractivity contribution in [3.8, 4) is 0 Å². The number of likely N-dealkylation sites (tertiary alicyclic amines) is 1. The number of hydrogen-bond acceptors (Lipinski definition) is 3. The minimum absolute atomic E-state index is 0.172. The molecule has 2 heterocycles. The van der Waals surface area contributed by atoms with Crippen LogP contribution in [0.3, 0.4) is 0 Å². The molecule has 0 saturated carbocycles. The van der Waals surface area contributed by atoms with Gasteiger partial charge in [0.25, 0.3) is 5.91 Å². The first-order chi connectivity index (χ1) is 11.7. The zero-order valence-electron chi connectivity index (χ0n) is 13.6. The fraction of sp³-hybridized carbons (Fsp3) is 0.368. The van der Waals surface area contributed by atoms with Crippen molar-refractivity contribution in [3.05, 3.63) is 60.1 Å². The summed E-state index contributed by atoms with van der Waals surface area (Å²) in [5.74, 6) is -0.0223. The molecule has 2 amide bonds. The molecule has 24 heavy (non-hydrogen) atoms. The molecule has 1 saturated heterocycles. The van der Waals surface area contributed by atoms with Crippen molar-refractivity contribution in [1.29, 1.82) is 0 Å². The van der Waals surface area contributed by atoms with Crippen LogP contribution in [0.1, 0.15) is 47.6 Å². The number of carbonyl (C=O) groups is 2. The number of nitrogens with one attached hydrogen (secondary N) is 1. The van der Waals surface area contributed by atoms with Crippen molar-refractivity contribution in [2.75, 3.05) is 13.1 Å². The second-order valence-corrected chi connectivity index (χ2v) is 6.10. The van der Waals surface area contributed by atoms with Crippen LogP contribution >= 0.6 is 0 Å². The Kier molecular flexibility index (Phi) is 5.31. The van der Waals surface area contributed by atoms with Crippen molar-refractivity contribution in [2.24, 2.45) is 0 Å². The van der Waals surface area contributed by atoms with Crippen molar-refractivity contribution in [1.82, 2.24) is 10.2 Å². The van der Waals surface area contributed by atoms with E-state index in [1.807, 2.05) is 35.2 Å². The van der Waals surface area contributed by atoms with Gasteiger partial charge in [0.05, 0.1) is 17.9 Å². The van der Waals surface area contributed by atoms with E-state index >= 15 is 0 Å². The lowest BCUT2D eigenvalue weighted by Crippen LogP contribution is -2.40. The van der Waals surface area contributed by atoms with E-state index in [-0.39, 0.29) is 17.9 Å². The van der Waals surface area contributed by atoms with E-state index in [9.17, 15) is 9.59 Å². The van der Waals surface area contributed by atoms with Crippen LogP contribution in [-0.4, -0.2) is 29.8 Å². The van der Waals surface area contributed by atoms with Crippen molar-refractivity contribution in [2.45, 2.75) is 31.7 Å². The molecule has 5 heteroatoms. The Hall–Kier alpha value is -2.56. The highest BCUT2D eigenvalue weighted by Crippen LogP contribution is 2.19. The summed E-state index contributed by atoms with van der Waals surface area (Å²) in [5.41, 5.74) is 1.48. The van der Waals surface area contributed by atoms with E-state index in [1.54, 1.807) is 6.07 Å². The van der Waals surface area contributed by atoms with E-state index in [0.29, 0.717) is 18.5 Å². The highest BCUT2D eigenvalue weighted by atomic mass is 16.3. The molecular formula is C19H22N2O3. The quantitative estimate of drug-likeness (QED) is 0.918. The first kappa shape index (κ1) is 16.3. The summed E-state index contributed by atoms with van der Waals surface area (Å²) in [5, 5.41) is 3.03. The lowest BCUT2D eigenvalue weighted by Gasteiger charge is -2.27. The molecule has 1 N–H and O–H groups in total. The summed E-state index contributed by atoms with van der Waals surface area (Å²) in [6, 6.07) is 11.2. The van der Waals surface area contributed by atoms with Crippen LogP contribution in [0.25, 0.3) is 0 Å². The largest absolute Gasteiger partial charge is 0.472 e. The maximum atomic E-state index is 12.4. The third kappa shape index (κ3) is 4.04. The Labute approximate surface area is 141 Å². The van der Waals surface area contributed by atoms with Gasteiger partial charge in [0, 0.05) is 19.5 Å². The van der Waals surface area contributed by atoms with Crippen molar-refractivity contribution >= 4 is 11.8 Å². The van der Waals surface area contributed by atoms with Crippen LogP contribution in [0.5, 0.6) is 0 Å². The normalized spacial score (nSPS) is 16.5. The number of furan rings is 1. The second kappa shape index (κ2) is 7.81. The Morgan fingerprint density at radius 3 is 2.75 bits per heavy atom. The lowest BCUT2D eigenvalue weighted by molar-refractivity contribution is -0.131. The molecule has 1 aliphatic rings. The zero-order valence-corrected chi connectivity index (χ0v) is 13.6. The summed E-state index contributed by atoms with van der Waals surface area (Å²) in [6.45, 7) is 1.25. The average molecular weight is 326 g/mol. The number of hydrogen-bond donors (Lipinski definition) is 1. The third-order valence-electron chi connectivity index (χ3n) is 4.36. The number of benzene rings is 1. The molecule has 1 aromatic carbocycles. The fourth-order valence-corrected chi connectivity index (χ4v) is 3.01. The van der Waals surface area contributed by atoms with E-state index in [4.69, 9.17) is 4.42 Å². The third-order valence-corrected chi connectivity index (χ3v) is 4.36. The number of rotatable bonds is 5. The molecule has 0 unspecified atom stereocenters. The zero-order chi connectivity index (χ0) is 16.8. The van der Waals surface area contributed by atoms with E-state index in [0.717, 1.165) is 31.4 Å². The van der Waals surface area contributed by atoms with Gasteiger partial charge in [0.15, 0.2) is 0 Å². The Balaban J connectivity index is 1.77.